The second-order valence-electron chi connectivity index (χ2n) is 5.67. The molecule has 3 rings (SSSR count). The molecule has 31 heavy (non-hydrogen) atoms. The van der Waals surface area contributed by atoms with Gasteiger partial charge in [0.1, 0.15) is 0 Å². The van der Waals surface area contributed by atoms with Gasteiger partial charge in [-0.15, -0.1) is 0 Å². The van der Waals surface area contributed by atoms with E-state index < -0.39 is 0 Å². The second-order valence-corrected chi connectivity index (χ2v) is 6.11. The molecule has 3 aromatic rings. The molecule has 0 heterocycles. The molecule has 0 amide bonds. The first-order valence-electron chi connectivity index (χ1n) is 11.0. The van der Waals surface area contributed by atoms with E-state index in [0.29, 0.717) is 0 Å². The van der Waals surface area contributed by atoms with Gasteiger partial charge in [-0.05, 0) is 35.8 Å². The number of benzene rings is 3. The first-order chi connectivity index (χ1) is 15.2. The number of rotatable bonds is 5. The van der Waals surface area contributed by atoms with Crippen LogP contribution in [-0.2, 0) is 6.42 Å². The quantitative estimate of drug-likeness (QED) is 0.259. The van der Waals surface area contributed by atoms with Gasteiger partial charge >= 0.3 is 0 Å². The third kappa shape index (κ3) is 10.6. The summed E-state index contributed by atoms with van der Waals surface area (Å²) < 4.78 is 0. The van der Waals surface area contributed by atoms with Gasteiger partial charge in [-0.3, -0.25) is 5.43 Å². The molecule has 0 atom stereocenters. The van der Waals surface area contributed by atoms with Gasteiger partial charge in [0.15, 0.2) is 5.11 Å². The lowest BCUT2D eigenvalue weighted by Crippen LogP contribution is -2.26. The van der Waals surface area contributed by atoms with Crippen molar-refractivity contribution in [2.45, 2.75) is 48.0 Å². The molecule has 0 saturated carbocycles. The van der Waals surface area contributed by atoms with Gasteiger partial charge in [-0.2, -0.15) is 5.10 Å². The van der Waals surface area contributed by atoms with Crippen molar-refractivity contribution in [2.75, 3.05) is 0 Å². The van der Waals surface area contributed by atoms with Crippen molar-refractivity contribution in [3.63, 3.8) is 0 Å². The van der Waals surface area contributed by atoms with Crippen molar-refractivity contribution in [1.29, 1.82) is 0 Å². The van der Waals surface area contributed by atoms with E-state index in [2.05, 4.69) is 46.9 Å². The molecule has 0 radical (unpaired) electrons. The minimum Gasteiger partial charge on any atom is -0.375 e. The minimum atomic E-state index is 0.147. The number of nitrogens with two attached hydrogens (primary N) is 1. The summed E-state index contributed by atoms with van der Waals surface area (Å²) in [5.41, 5.74) is 13.6. The first-order valence-corrected chi connectivity index (χ1v) is 11.4. The maximum Gasteiger partial charge on any atom is 0.184 e. The summed E-state index contributed by atoms with van der Waals surface area (Å²) in [6.07, 6.45) is 0.874. The van der Waals surface area contributed by atoms with Crippen molar-refractivity contribution in [3.05, 3.63) is 107 Å². The smallest absolute Gasteiger partial charge is 0.184 e. The molecule has 0 aromatic heterocycles. The van der Waals surface area contributed by atoms with Crippen LogP contribution in [0.4, 0.5) is 0 Å². The van der Waals surface area contributed by atoms with Crippen LogP contribution in [0.3, 0.4) is 0 Å². The predicted molar refractivity (Wildman–Crippen MR) is 142 cm³/mol. The van der Waals surface area contributed by atoms with Gasteiger partial charge in [0.05, 0.1) is 5.71 Å². The van der Waals surface area contributed by atoms with E-state index in [9.17, 15) is 0 Å². The van der Waals surface area contributed by atoms with Crippen molar-refractivity contribution in [3.8, 4) is 0 Å². The maximum absolute atomic E-state index is 5.54. The largest absolute Gasteiger partial charge is 0.375 e. The van der Waals surface area contributed by atoms with Gasteiger partial charge in [0.2, 0.25) is 0 Å². The van der Waals surface area contributed by atoms with Crippen LogP contribution in [0.1, 0.15) is 63.8 Å². The fraction of sp³-hybridized carbons (Fsp3) is 0.259. The van der Waals surface area contributed by atoms with E-state index >= 15 is 0 Å². The standard InChI is InChI=1S/C21H19N3S.3C2H6/c22-21(25)24-23-20(18-11-5-2-6-12-18)19-13-7-10-17(15-19)14-16-8-3-1-4-9-16;3*1-2/h1-13,15H,14H2,(H3,22,24,25);3*1-2H3. The van der Waals surface area contributed by atoms with Crippen LogP contribution in [0.5, 0.6) is 0 Å². The molecule has 0 aliphatic heterocycles. The Morgan fingerprint density at radius 2 is 1.19 bits per heavy atom. The molecule has 0 spiro atoms. The van der Waals surface area contributed by atoms with E-state index in [1.54, 1.807) is 0 Å². The fourth-order valence-electron chi connectivity index (χ4n) is 2.66. The molecule has 166 valence electrons. The molecular weight excluding hydrogens is 398 g/mol. The summed E-state index contributed by atoms with van der Waals surface area (Å²) in [6.45, 7) is 12.0. The average molecular weight is 436 g/mol. The molecular formula is C27H37N3S. The van der Waals surface area contributed by atoms with Gasteiger partial charge in [-0.1, -0.05) is 120 Å². The number of hydrazone groups is 1. The third-order valence-corrected chi connectivity index (χ3v) is 3.87. The minimum absolute atomic E-state index is 0.147. The monoisotopic (exact) mass is 435 g/mol. The highest BCUT2D eigenvalue weighted by Crippen LogP contribution is 2.15. The number of hydrogen-bond acceptors (Lipinski definition) is 2. The van der Waals surface area contributed by atoms with E-state index in [1.165, 1.54) is 11.1 Å². The lowest BCUT2D eigenvalue weighted by molar-refractivity contribution is 1.03. The number of thiocarbonyl (C=S) groups is 1. The first kappa shape index (κ1) is 28.0. The van der Waals surface area contributed by atoms with Gasteiger partial charge in [0, 0.05) is 11.1 Å². The molecule has 0 aliphatic rings. The normalized spacial score (nSPS) is 9.55. The van der Waals surface area contributed by atoms with Crippen molar-refractivity contribution in [2.24, 2.45) is 10.8 Å². The summed E-state index contributed by atoms with van der Waals surface area (Å²) in [5, 5.41) is 4.56. The third-order valence-electron chi connectivity index (χ3n) is 3.78. The molecule has 3 N–H and O–H groups in total. The van der Waals surface area contributed by atoms with E-state index in [4.69, 9.17) is 18.0 Å². The van der Waals surface area contributed by atoms with Crippen LogP contribution >= 0.6 is 12.2 Å². The topological polar surface area (TPSA) is 50.4 Å². The summed E-state index contributed by atoms with van der Waals surface area (Å²) in [7, 11) is 0. The number of hydrogen-bond donors (Lipinski definition) is 2. The summed E-state index contributed by atoms with van der Waals surface area (Å²) in [6, 6.07) is 28.8. The second kappa shape index (κ2) is 17.8. The highest BCUT2D eigenvalue weighted by atomic mass is 32.1. The Hall–Kier alpha value is -2.98. The zero-order valence-electron chi connectivity index (χ0n) is 19.7. The predicted octanol–water partition coefficient (Wildman–Crippen LogP) is 6.94. The van der Waals surface area contributed by atoms with Crippen LogP contribution in [-0.4, -0.2) is 10.8 Å². The summed E-state index contributed by atoms with van der Waals surface area (Å²) >= 11 is 4.89. The van der Waals surface area contributed by atoms with Gasteiger partial charge < -0.3 is 5.73 Å². The SMILES string of the molecule is CC.CC.CC.NC(=S)NN=C(c1ccccc1)c1cccc(Cc2ccccc2)c1. The Morgan fingerprint density at radius 1 is 0.710 bits per heavy atom. The zero-order chi connectivity index (χ0) is 23.5. The Balaban J connectivity index is 0.00000138. The van der Waals surface area contributed by atoms with Crippen LogP contribution in [0.2, 0.25) is 0 Å². The number of nitrogens with one attached hydrogen (secondary N) is 1. The fourth-order valence-corrected chi connectivity index (χ4v) is 2.71. The van der Waals surface area contributed by atoms with Crippen molar-refractivity contribution in [1.82, 2.24) is 5.43 Å². The highest BCUT2D eigenvalue weighted by molar-refractivity contribution is 7.80. The van der Waals surface area contributed by atoms with Crippen LogP contribution < -0.4 is 11.2 Å². The van der Waals surface area contributed by atoms with Crippen molar-refractivity contribution < 1.29 is 0 Å². The zero-order valence-corrected chi connectivity index (χ0v) is 20.5. The molecule has 0 aliphatic carbocycles. The summed E-state index contributed by atoms with van der Waals surface area (Å²) in [5.74, 6) is 0. The van der Waals surface area contributed by atoms with Gasteiger partial charge in [-0.25, -0.2) is 0 Å². The van der Waals surface area contributed by atoms with Crippen LogP contribution in [0.25, 0.3) is 0 Å². The molecule has 4 heteroatoms. The lowest BCUT2D eigenvalue weighted by atomic mass is 9.98. The lowest BCUT2D eigenvalue weighted by Gasteiger charge is -2.10. The average Bonchev–Trinajstić information content (AvgIpc) is 2.84. The van der Waals surface area contributed by atoms with Gasteiger partial charge in [0.25, 0.3) is 0 Å². The molecule has 0 bridgehead atoms. The molecule has 0 saturated heterocycles. The van der Waals surface area contributed by atoms with Crippen molar-refractivity contribution >= 4 is 23.0 Å². The number of nitrogens with zero attached hydrogens (tertiary/aromatic N) is 1. The van der Waals surface area contributed by atoms with Crippen LogP contribution in [0, 0.1) is 0 Å². The Labute approximate surface area is 194 Å². The Morgan fingerprint density at radius 3 is 1.74 bits per heavy atom. The maximum atomic E-state index is 5.54. The summed E-state index contributed by atoms with van der Waals surface area (Å²) in [4.78, 5) is 0. The van der Waals surface area contributed by atoms with E-state index in [0.717, 1.165) is 23.3 Å². The molecule has 0 fully saturated rings. The van der Waals surface area contributed by atoms with Crippen LogP contribution in [0.15, 0.2) is 90.0 Å². The Kier molecular flexibility index (Phi) is 16.1. The van der Waals surface area contributed by atoms with E-state index in [-0.39, 0.29) is 5.11 Å². The highest BCUT2D eigenvalue weighted by Gasteiger charge is 2.08. The van der Waals surface area contributed by atoms with E-state index in [1.807, 2.05) is 90.1 Å². The molecule has 0 unspecified atom stereocenters. The molecule has 3 aromatic carbocycles. The Bertz CT molecular complexity index is 875. The molecule has 3 nitrogen and oxygen atoms in total.